The Morgan fingerprint density at radius 1 is 1.00 bits per heavy atom. The van der Waals surface area contributed by atoms with E-state index in [2.05, 4.69) is 17.0 Å². The van der Waals surface area contributed by atoms with Gasteiger partial charge in [0.2, 0.25) is 0 Å². The first-order valence-electron chi connectivity index (χ1n) is 10.7. The minimum Gasteiger partial charge on any atom is -0.428 e. The highest BCUT2D eigenvalue weighted by molar-refractivity contribution is 5.58. The van der Waals surface area contributed by atoms with E-state index in [9.17, 15) is 35.8 Å². The van der Waals surface area contributed by atoms with Crippen LogP contribution < -0.4 is 15.0 Å². The number of unbranched alkanes of at least 4 members (excludes halogenated alkanes) is 2. The van der Waals surface area contributed by atoms with E-state index in [1.807, 2.05) is 0 Å². The molecule has 2 aromatic rings. The molecule has 0 aromatic heterocycles. The molecule has 0 aliphatic heterocycles. The van der Waals surface area contributed by atoms with E-state index in [0.29, 0.717) is 17.9 Å². The summed E-state index contributed by atoms with van der Waals surface area (Å²) in [6.45, 7) is 1.66. The van der Waals surface area contributed by atoms with Crippen molar-refractivity contribution in [2.24, 2.45) is 0 Å². The molecule has 0 saturated heterocycles. The third-order valence-electron chi connectivity index (χ3n) is 4.87. The number of ether oxygens (including phenoxy) is 1. The van der Waals surface area contributed by atoms with Gasteiger partial charge in [0, 0.05) is 24.5 Å². The van der Waals surface area contributed by atoms with Gasteiger partial charge < -0.3 is 20.1 Å². The van der Waals surface area contributed by atoms with Gasteiger partial charge in [-0.3, -0.25) is 0 Å². The summed E-state index contributed by atoms with van der Waals surface area (Å²) in [7, 11) is 0. The Balaban J connectivity index is 2.26. The van der Waals surface area contributed by atoms with Gasteiger partial charge in [-0.05, 0) is 42.3 Å². The van der Waals surface area contributed by atoms with Crippen molar-refractivity contribution in [3.05, 3.63) is 54.1 Å². The molecule has 2 rings (SSSR count). The number of nitrogens with one attached hydrogen (secondary N) is 1. The van der Waals surface area contributed by atoms with Crippen LogP contribution >= 0.6 is 0 Å². The lowest BCUT2D eigenvalue weighted by atomic mass is 10.1. The van der Waals surface area contributed by atoms with Crippen molar-refractivity contribution in [1.29, 1.82) is 0 Å². The van der Waals surface area contributed by atoms with Gasteiger partial charge in [0.15, 0.2) is 6.10 Å². The quantitative estimate of drug-likeness (QED) is 0.247. The number of benzene rings is 2. The predicted molar refractivity (Wildman–Crippen MR) is 116 cm³/mol. The number of alkyl halides is 7. The van der Waals surface area contributed by atoms with Crippen LogP contribution in [0.25, 0.3) is 0 Å². The van der Waals surface area contributed by atoms with Gasteiger partial charge in [-0.2, -0.15) is 30.7 Å². The lowest BCUT2D eigenvalue weighted by Crippen LogP contribution is -2.41. The topological polar surface area (TPSA) is 44.7 Å². The van der Waals surface area contributed by atoms with E-state index in [0.717, 1.165) is 31.4 Å². The molecular formula is C23H27F7N2O2. The molecule has 1 unspecified atom stereocenters. The molecule has 0 aliphatic rings. The van der Waals surface area contributed by atoms with Crippen LogP contribution in [-0.4, -0.2) is 43.0 Å². The number of nitrogens with zero attached hydrogens (tertiary/aromatic N) is 1. The molecule has 0 fully saturated rings. The van der Waals surface area contributed by atoms with Crippen LogP contribution in [0.3, 0.4) is 0 Å². The second kappa shape index (κ2) is 12.1. The van der Waals surface area contributed by atoms with Gasteiger partial charge in [-0.15, -0.1) is 0 Å². The van der Waals surface area contributed by atoms with E-state index < -0.39 is 37.1 Å². The summed E-state index contributed by atoms with van der Waals surface area (Å²) in [6, 6.07) is 11.3. The lowest BCUT2D eigenvalue weighted by molar-refractivity contribution is -0.253. The van der Waals surface area contributed by atoms with Crippen LogP contribution in [0.5, 0.6) is 5.75 Å². The molecule has 2 N–H and O–H groups in total. The van der Waals surface area contributed by atoms with Crippen LogP contribution in [-0.2, 0) is 6.54 Å². The van der Waals surface area contributed by atoms with E-state index in [1.54, 1.807) is 24.3 Å². The summed E-state index contributed by atoms with van der Waals surface area (Å²) in [6.07, 6.45) is -13.4. The molecule has 190 valence electrons. The molecular weight excluding hydrogens is 469 g/mol. The fraction of sp³-hybridized carbons (Fsp3) is 0.478. The fourth-order valence-electron chi connectivity index (χ4n) is 3.12. The fourth-order valence-corrected chi connectivity index (χ4v) is 3.12. The predicted octanol–water partition coefficient (Wildman–Crippen LogP) is 6.46. The third-order valence-corrected chi connectivity index (χ3v) is 4.87. The van der Waals surface area contributed by atoms with E-state index >= 15 is 0 Å². The Morgan fingerprint density at radius 2 is 1.71 bits per heavy atom. The van der Waals surface area contributed by atoms with Crippen molar-refractivity contribution >= 4 is 11.4 Å². The normalized spacial score (nSPS) is 13.1. The zero-order valence-corrected chi connectivity index (χ0v) is 18.5. The van der Waals surface area contributed by atoms with Gasteiger partial charge in [0.05, 0.1) is 6.54 Å². The maximum Gasteiger partial charge on any atom is 0.461 e. The van der Waals surface area contributed by atoms with Gasteiger partial charge in [-0.25, -0.2) is 0 Å². The summed E-state index contributed by atoms with van der Waals surface area (Å²) in [5.74, 6) is -0.564. The monoisotopic (exact) mass is 496 g/mol. The Bertz CT molecular complexity index is 894. The highest BCUT2D eigenvalue weighted by Gasteiger charge is 2.44. The van der Waals surface area contributed by atoms with Gasteiger partial charge in [0.25, 0.3) is 0 Å². The molecule has 4 nitrogen and oxygen atoms in total. The van der Waals surface area contributed by atoms with Crippen LogP contribution in [0.15, 0.2) is 48.5 Å². The first kappa shape index (κ1) is 27.6. The molecule has 0 amide bonds. The number of halogens is 7. The second-order valence-electron chi connectivity index (χ2n) is 7.73. The van der Waals surface area contributed by atoms with Crippen molar-refractivity contribution in [2.75, 3.05) is 23.3 Å². The Kier molecular flexibility index (Phi) is 9.84. The van der Waals surface area contributed by atoms with E-state index in [-0.39, 0.29) is 12.1 Å². The van der Waals surface area contributed by atoms with Gasteiger partial charge >= 0.3 is 18.7 Å². The van der Waals surface area contributed by atoms with Gasteiger partial charge in [-0.1, -0.05) is 38.0 Å². The largest absolute Gasteiger partial charge is 0.461 e. The number of aliphatic hydroxyl groups excluding tert-OH is 1. The number of hydrogen-bond acceptors (Lipinski definition) is 4. The Hall–Kier alpha value is -2.69. The molecule has 11 heteroatoms. The number of aliphatic hydroxyl groups is 1. The Morgan fingerprint density at radius 3 is 2.35 bits per heavy atom. The van der Waals surface area contributed by atoms with Crippen molar-refractivity contribution in [3.63, 3.8) is 0 Å². The van der Waals surface area contributed by atoms with Crippen LogP contribution in [0, 0.1) is 0 Å². The number of rotatable bonds is 13. The molecule has 0 spiro atoms. The zero-order chi connectivity index (χ0) is 25.4. The van der Waals surface area contributed by atoms with Gasteiger partial charge in [0.1, 0.15) is 5.75 Å². The van der Waals surface area contributed by atoms with Crippen LogP contribution in [0.2, 0.25) is 0 Å². The van der Waals surface area contributed by atoms with E-state index in [1.165, 1.54) is 17.0 Å². The van der Waals surface area contributed by atoms with E-state index in [4.69, 9.17) is 0 Å². The van der Waals surface area contributed by atoms with Crippen molar-refractivity contribution in [2.45, 2.75) is 57.5 Å². The Labute approximate surface area is 193 Å². The first-order chi connectivity index (χ1) is 15.9. The SMILES string of the molecule is CCCCCNc1cccc(N(Cc2cccc(OC(F)(F)C(F)F)c2)CC(O)C(F)(F)F)c1. The first-order valence-corrected chi connectivity index (χ1v) is 10.7. The second-order valence-corrected chi connectivity index (χ2v) is 7.73. The number of anilines is 2. The summed E-state index contributed by atoms with van der Waals surface area (Å²) in [5.41, 5.74) is 1.22. The standard InChI is InChI=1S/C23H27F7N2O2/c1-2-3-4-11-31-17-8-6-9-18(13-17)32(15-20(33)22(26,27)28)14-16-7-5-10-19(12-16)34-23(29,30)21(24)25/h5-10,12-13,20-21,31,33H,2-4,11,14-15H2,1H3. The zero-order valence-electron chi connectivity index (χ0n) is 18.5. The smallest absolute Gasteiger partial charge is 0.428 e. The minimum atomic E-state index is -4.88. The maximum atomic E-state index is 13.2. The van der Waals surface area contributed by atoms with Crippen LogP contribution in [0.4, 0.5) is 42.1 Å². The molecule has 34 heavy (non-hydrogen) atoms. The molecule has 2 aromatic carbocycles. The van der Waals surface area contributed by atoms with Crippen molar-refractivity contribution in [3.8, 4) is 5.75 Å². The number of hydrogen-bond donors (Lipinski definition) is 2. The molecule has 0 bridgehead atoms. The summed E-state index contributed by atoms with van der Waals surface area (Å²) in [5, 5.41) is 12.8. The molecule has 0 saturated carbocycles. The minimum absolute atomic E-state index is 0.221. The summed E-state index contributed by atoms with van der Waals surface area (Å²) in [4.78, 5) is 1.22. The molecule has 0 heterocycles. The van der Waals surface area contributed by atoms with Crippen LogP contribution in [0.1, 0.15) is 31.7 Å². The average molecular weight is 496 g/mol. The van der Waals surface area contributed by atoms with Crippen molar-refractivity contribution < 1.29 is 40.6 Å². The maximum absolute atomic E-state index is 13.2. The average Bonchev–Trinajstić information content (AvgIpc) is 2.75. The summed E-state index contributed by atoms with van der Waals surface area (Å²) < 4.78 is 94.5. The third kappa shape index (κ3) is 8.58. The summed E-state index contributed by atoms with van der Waals surface area (Å²) >= 11 is 0. The highest BCUT2D eigenvalue weighted by atomic mass is 19.4. The highest BCUT2D eigenvalue weighted by Crippen LogP contribution is 2.30. The molecule has 0 radical (unpaired) electrons. The molecule has 1 atom stereocenters. The van der Waals surface area contributed by atoms with Crippen molar-refractivity contribution in [1.82, 2.24) is 0 Å². The molecule has 0 aliphatic carbocycles. The lowest BCUT2D eigenvalue weighted by Gasteiger charge is -2.29.